The van der Waals surface area contributed by atoms with Crippen LogP contribution in [0.15, 0.2) is 22.7 Å². The molecule has 0 radical (unpaired) electrons. The van der Waals surface area contributed by atoms with Crippen molar-refractivity contribution in [1.29, 1.82) is 0 Å². The van der Waals surface area contributed by atoms with E-state index in [1.807, 2.05) is 6.07 Å². The third-order valence-electron chi connectivity index (χ3n) is 4.61. The Morgan fingerprint density at radius 1 is 1.40 bits per heavy atom. The molecule has 2 nitrogen and oxygen atoms in total. The lowest BCUT2D eigenvalue weighted by molar-refractivity contribution is 0.206. The SMILES string of the molecule is COc1ccc(Br)c(CC(C)(CNC2CC2)C(C)C)c1. The number of nitrogens with one attached hydrogen (secondary N) is 1. The number of hydrogen-bond acceptors (Lipinski definition) is 2. The molecule has 0 amide bonds. The van der Waals surface area contributed by atoms with Gasteiger partial charge in [0, 0.05) is 17.1 Å². The largest absolute Gasteiger partial charge is 0.497 e. The van der Waals surface area contributed by atoms with E-state index in [1.165, 1.54) is 22.9 Å². The van der Waals surface area contributed by atoms with Gasteiger partial charge in [0.15, 0.2) is 0 Å². The lowest BCUT2D eigenvalue weighted by Crippen LogP contribution is -2.38. The van der Waals surface area contributed by atoms with Gasteiger partial charge in [0.1, 0.15) is 5.75 Å². The molecule has 0 bridgehead atoms. The topological polar surface area (TPSA) is 21.3 Å². The Kier molecular flexibility index (Phi) is 5.14. The highest BCUT2D eigenvalue weighted by Gasteiger charge is 2.32. The van der Waals surface area contributed by atoms with Crippen LogP contribution in [0.1, 0.15) is 39.2 Å². The van der Waals surface area contributed by atoms with Gasteiger partial charge >= 0.3 is 0 Å². The summed E-state index contributed by atoms with van der Waals surface area (Å²) in [4.78, 5) is 0. The van der Waals surface area contributed by atoms with Crippen LogP contribution in [-0.4, -0.2) is 19.7 Å². The molecule has 0 heterocycles. The van der Waals surface area contributed by atoms with Crippen molar-refractivity contribution in [2.45, 2.75) is 46.1 Å². The highest BCUT2D eigenvalue weighted by Crippen LogP contribution is 2.35. The average molecular weight is 340 g/mol. The summed E-state index contributed by atoms with van der Waals surface area (Å²) in [6.45, 7) is 8.11. The number of methoxy groups -OCH3 is 1. The van der Waals surface area contributed by atoms with E-state index < -0.39 is 0 Å². The molecule has 3 heteroatoms. The maximum atomic E-state index is 5.36. The van der Waals surface area contributed by atoms with Crippen LogP contribution in [-0.2, 0) is 6.42 Å². The van der Waals surface area contributed by atoms with E-state index in [9.17, 15) is 0 Å². The van der Waals surface area contributed by atoms with Crippen molar-refractivity contribution in [3.8, 4) is 5.75 Å². The van der Waals surface area contributed by atoms with Crippen LogP contribution in [0.4, 0.5) is 0 Å². The van der Waals surface area contributed by atoms with Crippen LogP contribution in [0.5, 0.6) is 5.75 Å². The Bertz CT molecular complexity index is 456. The van der Waals surface area contributed by atoms with Gasteiger partial charge in [-0.2, -0.15) is 0 Å². The second kappa shape index (κ2) is 6.48. The molecule has 1 N–H and O–H groups in total. The monoisotopic (exact) mass is 339 g/mol. The number of rotatable bonds is 7. The smallest absolute Gasteiger partial charge is 0.119 e. The van der Waals surface area contributed by atoms with Gasteiger partial charge in [-0.05, 0) is 54.4 Å². The summed E-state index contributed by atoms with van der Waals surface area (Å²) in [6.07, 6.45) is 3.75. The Labute approximate surface area is 131 Å². The maximum Gasteiger partial charge on any atom is 0.119 e. The van der Waals surface area contributed by atoms with E-state index in [-0.39, 0.29) is 5.41 Å². The molecule has 0 spiro atoms. The van der Waals surface area contributed by atoms with Crippen molar-refractivity contribution >= 4 is 15.9 Å². The first-order chi connectivity index (χ1) is 9.44. The van der Waals surface area contributed by atoms with E-state index in [4.69, 9.17) is 4.74 Å². The Balaban J connectivity index is 2.13. The molecule has 1 saturated carbocycles. The molecule has 1 aliphatic carbocycles. The molecule has 0 aromatic heterocycles. The van der Waals surface area contributed by atoms with Gasteiger partial charge < -0.3 is 10.1 Å². The zero-order chi connectivity index (χ0) is 14.8. The summed E-state index contributed by atoms with van der Waals surface area (Å²) in [5, 5.41) is 3.70. The standard InChI is InChI=1S/C17H26BrNO/c1-12(2)17(3,11-19-14-5-6-14)10-13-9-15(20-4)7-8-16(13)18/h7-9,12,14,19H,5-6,10-11H2,1-4H3. The first-order valence-electron chi connectivity index (χ1n) is 7.50. The van der Waals surface area contributed by atoms with Gasteiger partial charge in [-0.1, -0.05) is 36.7 Å². The van der Waals surface area contributed by atoms with Crippen molar-refractivity contribution in [1.82, 2.24) is 5.32 Å². The van der Waals surface area contributed by atoms with E-state index in [0.29, 0.717) is 5.92 Å². The number of halogens is 1. The van der Waals surface area contributed by atoms with Gasteiger partial charge in [-0.15, -0.1) is 0 Å². The molecule has 20 heavy (non-hydrogen) atoms. The van der Waals surface area contributed by atoms with Crippen LogP contribution in [0.25, 0.3) is 0 Å². The summed E-state index contributed by atoms with van der Waals surface area (Å²) < 4.78 is 6.53. The van der Waals surface area contributed by atoms with Crippen LogP contribution in [0, 0.1) is 11.3 Å². The Hall–Kier alpha value is -0.540. The Morgan fingerprint density at radius 2 is 2.10 bits per heavy atom. The molecule has 112 valence electrons. The summed E-state index contributed by atoms with van der Waals surface area (Å²) in [6, 6.07) is 7.01. The molecule has 0 aliphatic heterocycles. The number of hydrogen-bond donors (Lipinski definition) is 1. The van der Waals surface area contributed by atoms with E-state index >= 15 is 0 Å². The van der Waals surface area contributed by atoms with E-state index in [0.717, 1.165) is 24.8 Å². The van der Waals surface area contributed by atoms with Gasteiger partial charge in [0.25, 0.3) is 0 Å². The molecule has 1 unspecified atom stereocenters. The highest BCUT2D eigenvalue weighted by atomic mass is 79.9. The molecule has 2 rings (SSSR count). The molecule has 1 aliphatic rings. The van der Waals surface area contributed by atoms with Crippen molar-refractivity contribution in [3.05, 3.63) is 28.2 Å². The first kappa shape index (κ1) is 15.8. The molecule has 0 saturated heterocycles. The zero-order valence-corrected chi connectivity index (χ0v) is 14.6. The minimum Gasteiger partial charge on any atom is -0.497 e. The summed E-state index contributed by atoms with van der Waals surface area (Å²) in [5.74, 6) is 1.57. The van der Waals surface area contributed by atoms with E-state index in [2.05, 4.69) is 54.2 Å². The fourth-order valence-electron chi connectivity index (χ4n) is 2.38. The lowest BCUT2D eigenvalue weighted by Gasteiger charge is -2.35. The predicted octanol–water partition coefficient (Wildman–Crippen LogP) is 4.41. The third-order valence-corrected chi connectivity index (χ3v) is 5.39. The second-order valence-corrected chi connectivity index (χ2v) is 7.45. The van der Waals surface area contributed by atoms with Crippen molar-refractivity contribution in [2.24, 2.45) is 11.3 Å². The fraction of sp³-hybridized carbons (Fsp3) is 0.647. The fourth-order valence-corrected chi connectivity index (χ4v) is 2.77. The molecule has 1 fully saturated rings. The van der Waals surface area contributed by atoms with Crippen LogP contribution in [0.2, 0.25) is 0 Å². The molecule has 1 aromatic carbocycles. The molecular formula is C17H26BrNO. The minimum atomic E-state index is 0.261. The summed E-state index contributed by atoms with van der Waals surface area (Å²) in [7, 11) is 1.73. The van der Waals surface area contributed by atoms with Crippen LogP contribution < -0.4 is 10.1 Å². The summed E-state index contributed by atoms with van der Waals surface area (Å²) in [5.41, 5.74) is 1.59. The predicted molar refractivity (Wildman–Crippen MR) is 88.4 cm³/mol. The molecular weight excluding hydrogens is 314 g/mol. The number of benzene rings is 1. The second-order valence-electron chi connectivity index (χ2n) is 6.60. The van der Waals surface area contributed by atoms with Crippen molar-refractivity contribution < 1.29 is 4.74 Å². The lowest BCUT2D eigenvalue weighted by atomic mass is 9.74. The third kappa shape index (κ3) is 3.98. The summed E-state index contributed by atoms with van der Waals surface area (Å²) >= 11 is 3.68. The average Bonchev–Trinajstić information content (AvgIpc) is 3.23. The minimum absolute atomic E-state index is 0.261. The first-order valence-corrected chi connectivity index (χ1v) is 8.30. The Morgan fingerprint density at radius 3 is 2.65 bits per heavy atom. The quantitative estimate of drug-likeness (QED) is 0.794. The van der Waals surface area contributed by atoms with Crippen molar-refractivity contribution in [2.75, 3.05) is 13.7 Å². The molecule has 1 aromatic rings. The number of ether oxygens (including phenoxy) is 1. The van der Waals surface area contributed by atoms with Crippen molar-refractivity contribution in [3.63, 3.8) is 0 Å². The normalized spacial score (nSPS) is 18.1. The maximum absolute atomic E-state index is 5.36. The van der Waals surface area contributed by atoms with Crippen LogP contribution >= 0.6 is 15.9 Å². The highest BCUT2D eigenvalue weighted by molar-refractivity contribution is 9.10. The van der Waals surface area contributed by atoms with E-state index in [1.54, 1.807) is 7.11 Å². The zero-order valence-electron chi connectivity index (χ0n) is 13.0. The van der Waals surface area contributed by atoms with Crippen LogP contribution in [0.3, 0.4) is 0 Å². The van der Waals surface area contributed by atoms with Gasteiger partial charge in [0.2, 0.25) is 0 Å². The van der Waals surface area contributed by atoms with Gasteiger partial charge in [-0.3, -0.25) is 0 Å². The van der Waals surface area contributed by atoms with Gasteiger partial charge in [-0.25, -0.2) is 0 Å². The van der Waals surface area contributed by atoms with Gasteiger partial charge in [0.05, 0.1) is 7.11 Å². The molecule has 1 atom stereocenters.